The summed E-state index contributed by atoms with van der Waals surface area (Å²) in [5.41, 5.74) is 2.55. The summed E-state index contributed by atoms with van der Waals surface area (Å²) in [4.78, 5) is 8.32. The van der Waals surface area contributed by atoms with Gasteiger partial charge in [-0.25, -0.2) is 4.98 Å². The van der Waals surface area contributed by atoms with Crippen molar-refractivity contribution in [3.05, 3.63) is 30.1 Å². The fraction of sp³-hybridized carbons (Fsp3) is 0.767. The monoisotopic (exact) mass is 464 g/mol. The maximum Gasteiger partial charge on any atom is 0.107 e. The lowest BCUT2D eigenvalue weighted by Gasteiger charge is -2.62. The molecule has 1 aromatic heterocycles. The number of aliphatic hydroxyl groups is 2. The molecule has 4 heteroatoms. The van der Waals surface area contributed by atoms with Gasteiger partial charge in [0, 0.05) is 6.42 Å². The van der Waals surface area contributed by atoms with Gasteiger partial charge in [0.05, 0.1) is 23.2 Å². The Hall–Kier alpha value is -1.39. The highest BCUT2D eigenvalue weighted by Gasteiger charge is 2.63. The summed E-state index contributed by atoms with van der Waals surface area (Å²) in [5.74, 6) is 4.98. The van der Waals surface area contributed by atoms with Gasteiger partial charge in [-0.05, 0) is 116 Å². The molecule has 0 spiro atoms. The van der Waals surface area contributed by atoms with Crippen LogP contribution < -0.4 is 0 Å². The molecule has 0 aliphatic heterocycles. The zero-order valence-electron chi connectivity index (χ0n) is 21.3. The Kier molecular flexibility index (Phi) is 5.65. The predicted molar refractivity (Wildman–Crippen MR) is 136 cm³/mol. The van der Waals surface area contributed by atoms with Crippen LogP contribution in [0.4, 0.5) is 0 Å². The van der Waals surface area contributed by atoms with Crippen molar-refractivity contribution in [2.24, 2.45) is 46.3 Å². The normalized spacial score (nSPS) is 44.9. The molecular weight excluding hydrogens is 420 g/mol. The van der Waals surface area contributed by atoms with Crippen molar-refractivity contribution in [1.82, 2.24) is 9.97 Å². The lowest BCUT2D eigenvalue weighted by atomic mass is 9.43. The predicted octanol–water partition coefficient (Wildman–Crippen LogP) is 6.12. The van der Waals surface area contributed by atoms with Crippen molar-refractivity contribution in [2.45, 2.75) is 97.2 Å². The van der Waals surface area contributed by atoms with E-state index in [1.165, 1.54) is 25.7 Å². The van der Waals surface area contributed by atoms with Gasteiger partial charge in [0.2, 0.25) is 0 Å². The summed E-state index contributed by atoms with van der Waals surface area (Å²) in [5, 5.41) is 22.1. The number of nitrogens with one attached hydrogen (secondary N) is 1. The lowest BCUT2D eigenvalue weighted by molar-refractivity contribution is -0.174. The zero-order valence-corrected chi connectivity index (χ0v) is 21.3. The minimum atomic E-state index is -0.192. The Bertz CT molecular complexity index is 1000. The first-order valence-corrected chi connectivity index (χ1v) is 14.1. The Labute approximate surface area is 205 Å². The fourth-order valence-corrected chi connectivity index (χ4v) is 9.85. The number of para-hydroxylation sites is 2. The zero-order chi connectivity index (χ0) is 23.7. The van der Waals surface area contributed by atoms with Crippen LogP contribution in [0.25, 0.3) is 11.0 Å². The molecule has 1 heterocycles. The van der Waals surface area contributed by atoms with Gasteiger partial charge < -0.3 is 15.2 Å². The minimum Gasteiger partial charge on any atom is -0.393 e. The molecule has 2 aromatic rings. The number of aliphatic hydroxyl groups excluding tert-OH is 2. The van der Waals surface area contributed by atoms with Gasteiger partial charge in [0.1, 0.15) is 5.82 Å². The molecule has 186 valence electrons. The summed E-state index contributed by atoms with van der Waals surface area (Å²) in [6, 6.07) is 8.30. The van der Waals surface area contributed by atoms with Gasteiger partial charge in [0.15, 0.2) is 0 Å². The van der Waals surface area contributed by atoms with Crippen LogP contribution >= 0.6 is 0 Å². The smallest absolute Gasteiger partial charge is 0.107 e. The number of aryl methyl sites for hydroxylation is 1. The molecule has 0 bridgehead atoms. The molecule has 4 aliphatic carbocycles. The highest BCUT2D eigenvalue weighted by Crippen LogP contribution is 2.68. The number of aromatic amines is 1. The van der Waals surface area contributed by atoms with Crippen molar-refractivity contribution in [1.29, 1.82) is 0 Å². The second kappa shape index (κ2) is 8.34. The third-order valence-electron chi connectivity index (χ3n) is 11.8. The molecule has 0 radical (unpaired) electrons. The molecule has 4 fully saturated rings. The molecule has 0 amide bonds. The maximum absolute atomic E-state index is 11.8. The Morgan fingerprint density at radius 3 is 2.68 bits per heavy atom. The van der Waals surface area contributed by atoms with Crippen molar-refractivity contribution in [2.75, 3.05) is 0 Å². The molecule has 4 aliphatic rings. The minimum absolute atomic E-state index is 0.0475. The van der Waals surface area contributed by atoms with Crippen molar-refractivity contribution in [3.63, 3.8) is 0 Å². The van der Waals surface area contributed by atoms with Gasteiger partial charge in [-0.15, -0.1) is 0 Å². The van der Waals surface area contributed by atoms with E-state index < -0.39 is 0 Å². The fourth-order valence-electron chi connectivity index (χ4n) is 9.85. The van der Waals surface area contributed by atoms with E-state index in [0.29, 0.717) is 35.0 Å². The SMILES string of the molecule is C[C@H](CCc1nc2ccccc2[nH]1)[C@H]1CC[C@H]2[C@@H]3CCC4C[C@H](O)CC[C@]4(C)[C@H]3C[C@H](O)[C@]12C. The van der Waals surface area contributed by atoms with E-state index in [9.17, 15) is 10.2 Å². The number of H-pyrrole nitrogens is 1. The van der Waals surface area contributed by atoms with E-state index in [-0.39, 0.29) is 17.6 Å². The van der Waals surface area contributed by atoms with Crippen molar-refractivity contribution >= 4 is 11.0 Å². The van der Waals surface area contributed by atoms with E-state index in [0.717, 1.165) is 61.3 Å². The van der Waals surface area contributed by atoms with Crippen LogP contribution in [0, 0.1) is 46.3 Å². The van der Waals surface area contributed by atoms with Crippen LogP contribution in [0.3, 0.4) is 0 Å². The second-order valence-electron chi connectivity index (χ2n) is 13.1. The van der Waals surface area contributed by atoms with Crippen LogP contribution in [0.5, 0.6) is 0 Å². The Morgan fingerprint density at radius 2 is 1.85 bits per heavy atom. The summed E-state index contributed by atoms with van der Waals surface area (Å²) in [7, 11) is 0. The van der Waals surface area contributed by atoms with E-state index in [1.54, 1.807) is 0 Å². The van der Waals surface area contributed by atoms with Crippen LogP contribution in [0.2, 0.25) is 0 Å². The molecule has 4 nitrogen and oxygen atoms in total. The van der Waals surface area contributed by atoms with Crippen LogP contribution in [-0.4, -0.2) is 32.4 Å². The third-order valence-corrected chi connectivity index (χ3v) is 11.8. The van der Waals surface area contributed by atoms with Crippen molar-refractivity contribution in [3.8, 4) is 0 Å². The summed E-state index contributed by atoms with van der Waals surface area (Å²) < 4.78 is 0. The lowest BCUT2D eigenvalue weighted by Crippen LogP contribution is -2.58. The number of aromatic nitrogens is 2. The van der Waals surface area contributed by atoms with E-state index >= 15 is 0 Å². The van der Waals surface area contributed by atoms with Crippen LogP contribution in [0.1, 0.15) is 84.4 Å². The molecule has 1 aromatic carbocycles. The van der Waals surface area contributed by atoms with Gasteiger partial charge in [-0.2, -0.15) is 0 Å². The molecule has 1 unspecified atom stereocenters. The first-order valence-electron chi connectivity index (χ1n) is 14.1. The number of hydrogen-bond acceptors (Lipinski definition) is 3. The summed E-state index contributed by atoms with van der Waals surface area (Å²) in [6.07, 6.45) is 11.0. The average molecular weight is 465 g/mol. The largest absolute Gasteiger partial charge is 0.393 e. The first kappa shape index (κ1) is 23.0. The standard InChI is InChI=1S/C30H44N2O2/c1-18(8-13-28-31-25-6-4-5-7-26(25)32-28)22-11-12-23-21-10-9-19-16-20(33)14-15-29(19,2)24(21)17-27(34)30(22,23)3/h4-7,18-24,27,33-34H,8-17H2,1-3H3,(H,31,32)/t18-,19?,20-,21+,22-,23+,24+,27+,29+,30-/m1/s1. The number of hydrogen-bond donors (Lipinski definition) is 3. The summed E-state index contributed by atoms with van der Waals surface area (Å²) >= 11 is 0. The van der Waals surface area contributed by atoms with Crippen LogP contribution in [0.15, 0.2) is 24.3 Å². The van der Waals surface area contributed by atoms with E-state index in [2.05, 4.69) is 50.0 Å². The molecule has 4 saturated carbocycles. The van der Waals surface area contributed by atoms with Crippen molar-refractivity contribution < 1.29 is 10.2 Å². The highest BCUT2D eigenvalue weighted by molar-refractivity contribution is 5.74. The van der Waals surface area contributed by atoms with E-state index in [4.69, 9.17) is 4.98 Å². The van der Waals surface area contributed by atoms with E-state index in [1.807, 2.05) is 0 Å². The first-order chi connectivity index (χ1) is 16.3. The molecular formula is C30H44N2O2. The van der Waals surface area contributed by atoms with Crippen LogP contribution in [-0.2, 0) is 6.42 Å². The average Bonchev–Trinajstić information content (AvgIpc) is 3.40. The van der Waals surface area contributed by atoms with Gasteiger partial charge in [-0.1, -0.05) is 32.9 Å². The quantitative estimate of drug-likeness (QED) is 0.510. The molecule has 0 saturated heterocycles. The third kappa shape index (κ3) is 3.42. The molecule has 3 N–H and O–H groups in total. The molecule has 34 heavy (non-hydrogen) atoms. The Balaban J connectivity index is 1.18. The maximum atomic E-state index is 11.8. The molecule has 6 rings (SSSR count). The number of imidazole rings is 1. The molecule has 10 atom stereocenters. The summed E-state index contributed by atoms with van der Waals surface area (Å²) in [6.45, 7) is 7.39. The number of fused-ring (bicyclic) bond motifs is 6. The Morgan fingerprint density at radius 1 is 1.03 bits per heavy atom. The highest BCUT2D eigenvalue weighted by atomic mass is 16.3. The van der Waals surface area contributed by atoms with Gasteiger partial charge >= 0.3 is 0 Å². The number of benzene rings is 1. The number of rotatable bonds is 4. The second-order valence-corrected chi connectivity index (χ2v) is 13.1. The van der Waals surface area contributed by atoms with Gasteiger partial charge in [0.25, 0.3) is 0 Å². The number of nitrogens with zero attached hydrogens (tertiary/aromatic N) is 1. The topological polar surface area (TPSA) is 69.1 Å². The van der Waals surface area contributed by atoms with Gasteiger partial charge in [-0.3, -0.25) is 0 Å².